The number of carbonyl (C=O) groups is 5. The molecule has 3 aliphatic heterocycles. The van der Waals surface area contributed by atoms with Gasteiger partial charge in [-0.25, -0.2) is 4.98 Å². The van der Waals surface area contributed by atoms with Gasteiger partial charge in [-0.2, -0.15) is 0 Å². The molecule has 13 heteroatoms. The summed E-state index contributed by atoms with van der Waals surface area (Å²) in [4.78, 5) is 71.9. The second kappa shape index (κ2) is 14.2. The van der Waals surface area contributed by atoms with Crippen molar-refractivity contribution in [2.45, 2.75) is 70.6 Å². The van der Waals surface area contributed by atoms with Gasteiger partial charge in [0.1, 0.15) is 42.2 Å². The Morgan fingerprint density at radius 1 is 1.09 bits per heavy atom. The van der Waals surface area contributed by atoms with E-state index < -0.39 is 41.9 Å². The highest BCUT2D eigenvalue weighted by atomic mass is 16.5. The van der Waals surface area contributed by atoms with Crippen molar-refractivity contribution in [3.63, 3.8) is 0 Å². The molecular weight excluding hydrogens is 554 g/mol. The molecule has 5 rings (SSSR count). The molecule has 1 saturated heterocycles. The van der Waals surface area contributed by atoms with Gasteiger partial charge in [0.25, 0.3) is 5.91 Å². The third kappa shape index (κ3) is 8.11. The summed E-state index contributed by atoms with van der Waals surface area (Å²) in [5, 5.41) is 11.1. The first-order valence-electron chi connectivity index (χ1n) is 14.7. The third-order valence-electron chi connectivity index (χ3n) is 7.62. The first kappa shape index (κ1) is 31.5. The lowest BCUT2D eigenvalue weighted by Gasteiger charge is -2.30. The van der Waals surface area contributed by atoms with Crippen LogP contribution in [0.25, 0.3) is 0 Å². The van der Waals surface area contributed by atoms with Crippen molar-refractivity contribution < 1.29 is 28.7 Å². The predicted octanol–water partition coefficient (Wildman–Crippen LogP) is 0.296. The van der Waals surface area contributed by atoms with Crippen LogP contribution in [0.4, 0.5) is 0 Å². The molecular formula is C30H41N7O6. The number of nitrogens with zero attached hydrogens (tertiary/aromatic N) is 3. The van der Waals surface area contributed by atoms with Crippen molar-refractivity contribution in [3.8, 4) is 5.75 Å². The smallest absolute Gasteiger partial charge is 0.270 e. The normalized spacial score (nSPS) is 24.1. The lowest BCUT2D eigenvalue weighted by Crippen LogP contribution is -2.58. The molecule has 43 heavy (non-hydrogen) atoms. The molecule has 4 heterocycles. The van der Waals surface area contributed by atoms with Crippen LogP contribution in [-0.2, 0) is 32.6 Å². The molecule has 232 valence electrons. The molecule has 0 spiro atoms. The molecule has 13 nitrogen and oxygen atoms in total. The van der Waals surface area contributed by atoms with Gasteiger partial charge in [-0.05, 0) is 49.8 Å². The maximum atomic E-state index is 13.6. The fourth-order valence-corrected chi connectivity index (χ4v) is 5.31. The number of hydrogen-bond acceptors (Lipinski definition) is 7. The van der Waals surface area contributed by atoms with Crippen LogP contribution in [0, 0.1) is 5.92 Å². The van der Waals surface area contributed by atoms with Gasteiger partial charge in [-0.15, -0.1) is 0 Å². The molecule has 0 aliphatic carbocycles. The molecule has 2 bridgehead atoms. The van der Waals surface area contributed by atoms with Gasteiger partial charge in [0.2, 0.25) is 23.6 Å². The molecule has 2 aromatic rings. The van der Waals surface area contributed by atoms with Crippen LogP contribution < -0.4 is 26.0 Å². The summed E-state index contributed by atoms with van der Waals surface area (Å²) >= 11 is 0. The van der Waals surface area contributed by atoms with E-state index in [1.54, 1.807) is 35.9 Å². The van der Waals surface area contributed by atoms with Crippen LogP contribution in [-0.4, -0.2) is 87.9 Å². The SMILES string of the molecule is CC(C)C[C@@H]1NC(=O)[C@@H](C)NC(=O)[C@@H](NC(=O)c2cncn2C)Cc2ccc(cc2)OCCNC(=O)[C@H]2CCCN2C1=O. The third-order valence-corrected chi connectivity index (χ3v) is 7.62. The first-order chi connectivity index (χ1) is 20.5. The lowest BCUT2D eigenvalue weighted by molar-refractivity contribution is -0.142. The van der Waals surface area contributed by atoms with E-state index in [4.69, 9.17) is 4.74 Å². The number of benzene rings is 1. The van der Waals surface area contributed by atoms with Crippen LogP contribution in [0.2, 0.25) is 0 Å². The highest BCUT2D eigenvalue weighted by Crippen LogP contribution is 2.21. The number of imidazole rings is 1. The first-order valence-corrected chi connectivity index (χ1v) is 14.7. The summed E-state index contributed by atoms with van der Waals surface area (Å²) in [6.45, 7) is 6.30. The molecule has 4 N–H and O–H groups in total. The van der Waals surface area contributed by atoms with Crippen LogP contribution in [0.15, 0.2) is 36.8 Å². The van der Waals surface area contributed by atoms with E-state index in [2.05, 4.69) is 26.3 Å². The summed E-state index contributed by atoms with van der Waals surface area (Å²) in [6.07, 6.45) is 4.60. The van der Waals surface area contributed by atoms with E-state index in [0.29, 0.717) is 31.6 Å². The zero-order valence-electron chi connectivity index (χ0n) is 25.1. The maximum absolute atomic E-state index is 13.6. The van der Waals surface area contributed by atoms with E-state index in [-0.39, 0.29) is 43.0 Å². The van der Waals surface area contributed by atoms with Crippen LogP contribution >= 0.6 is 0 Å². The molecule has 1 fully saturated rings. The van der Waals surface area contributed by atoms with Crippen molar-refractivity contribution in [3.05, 3.63) is 48.0 Å². The second-order valence-electron chi connectivity index (χ2n) is 11.5. The molecule has 1 aromatic heterocycles. The average molecular weight is 596 g/mol. The molecule has 3 aliphatic rings. The number of fused-ring (bicyclic) bond motifs is 14. The number of aryl methyl sites for hydroxylation is 1. The lowest BCUT2D eigenvalue weighted by atomic mass is 10.0. The van der Waals surface area contributed by atoms with E-state index in [9.17, 15) is 24.0 Å². The van der Waals surface area contributed by atoms with Gasteiger partial charge < -0.3 is 35.5 Å². The summed E-state index contributed by atoms with van der Waals surface area (Å²) in [6, 6.07) is 3.55. The van der Waals surface area contributed by atoms with Crippen molar-refractivity contribution in [2.24, 2.45) is 13.0 Å². The molecule has 5 amide bonds. The Hall–Kier alpha value is -4.42. The van der Waals surface area contributed by atoms with E-state index in [0.717, 1.165) is 5.56 Å². The largest absolute Gasteiger partial charge is 0.492 e. The maximum Gasteiger partial charge on any atom is 0.270 e. The Labute approximate surface area is 251 Å². The second-order valence-corrected chi connectivity index (χ2v) is 11.5. The molecule has 1 aromatic carbocycles. The Morgan fingerprint density at radius 2 is 1.84 bits per heavy atom. The summed E-state index contributed by atoms with van der Waals surface area (Å²) in [7, 11) is 1.67. The summed E-state index contributed by atoms with van der Waals surface area (Å²) < 4.78 is 7.32. The monoisotopic (exact) mass is 595 g/mol. The van der Waals surface area contributed by atoms with E-state index in [1.807, 2.05) is 13.8 Å². The van der Waals surface area contributed by atoms with Gasteiger partial charge >= 0.3 is 0 Å². The number of rotatable bonds is 4. The van der Waals surface area contributed by atoms with Crippen LogP contribution in [0.3, 0.4) is 0 Å². The Kier molecular flexibility index (Phi) is 10.4. The Morgan fingerprint density at radius 3 is 2.51 bits per heavy atom. The topological polar surface area (TPSA) is 164 Å². The summed E-state index contributed by atoms with van der Waals surface area (Å²) in [5.41, 5.74) is 1.03. The number of hydrogen-bond donors (Lipinski definition) is 4. The number of aromatic nitrogens is 2. The van der Waals surface area contributed by atoms with Crippen molar-refractivity contribution >= 4 is 29.5 Å². The van der Waals surface area contributed by atoms with Gasteiger partial charge in [0.05, 0.1) is 19.1 Å². The Bertz CT molecular complexity index is 1320. The average Bonchev–Trinajstić information content (AvgIpc) is 3.63. The number of carbonyl (C=O) groups excluding carboxylic acids is 5. The number of nitrogens with one attached hydrogen (secondary N) is 4. The highest BCUT2D eigenvalue weighted by Gasteiger charge is 2.38. The number of amides is 5. The number of ether oxygens (including phenoxy) is 1. The van der Waals surface area contributed by atoms with Gasteiger partial charge in [0, 0.05) is 20.0 Å². The Balaban J connectivity index is 1.59. The molecule has 4 atom stereocenters. The minimum Gasteiger partial charge on any atom is -0.492 e. The fraction of sp³-hybridized carbons (Fsp3) is 0.533. The van der Waals surface area contributed by atoms with Crippen molar-refractivity contribution in [2.75, 3.05) is 19.7 Å². The zero-order chi connectivity index (χ0) is 31.1. The van der Waals surface area contributed by atoms with Gasteiger partial charge in [-0.3, -0.25) is 24.0 Å². The van der Waals surface area contributed by atoms with Gasteiger partial charge in [0.15, 0.2) is 0 Å². The fourth-order valence-electron chi connectivity index (χ4n) is 5.31. The van der Waals surface area contributed by atoms with Crippen molar-refractivity contribution in [1.29, 1.82) is 0 Å². The standard InChI is InChI=1S/C30H41N7O6/c1-18(2)14-23-30(42)37-12-5-6-24(37)28(40)32-11-13-43-21-9-7-20(8-10-21)15-22(27(39)33-19(3)26(38)35-23)34-29(41)25-16-31-17-36(25)4/h7-10,16-19,22-24H,5-6,11-15H2,1-4H3,(H,32,40)(H,33,39)(H,34,41)(H,35,38)/t19-,22+,23+,24-/m1/s1. The highest BCUT2D eigenvalue weighted by molar-refractivity contribution is 5.98. The summed E-state index contributed by atoms with van der Waals surface area (Å²) in [5.74, 6) is -1.52. The molecule has 0 radical (unpaired) electrons. The van der Waals surface area contributed by atoms with E-state index >= 15 is 0 Å². The minimum atomic E-state index is -1.01. The van der Waals surface area contributed by atoms with E-state index in [1.165, 1.54) is 24.3 Å². The van der Waals surface area contributed by atoms with Crippen molar-refractivity contribution in [1.82, 2.24) is 35.7 Å². The quantitative estimate of drug-likeness (QED) is 0.395. The van der Waals surface area contributed by atoms with Crippen LogP contribution in [0.5, 0.6) is 5.75 Å². The van der Waals surface area contributed by atoms with Crippen LogP contribution in [0.1, 0.15) is 56.1 Å². The molecule has 0 saturated carbocycles. The zero-order valence-corrected chi connectivity index (χ0v) is 25.1. The molecule has 0 unspecified atom stereocenters. The predicted molar refractivity (Wildman–Crippen MR) is 157 cm³/mol. The van der Waals surface area contributed by atoms with Gasteiger partial charge in [-0.1, -0.05) is 26.0 Å². The minimum absolute atomic E-state index is 0.0781.